The zero-order valence-corrected chi connectivity index (χ0v) is 16.1. The van der Waals surface area contributed by atoms with Crippen LogP contribution in [0.4, 0.5) is 5.69 Å². The number of carbonyl (C=O) groups excluding carboxylic acids is 2. The Morgan fingerprint density at radius 2 is 1.85 bits per heavy atom. The Morgan fingerprint density at radius 3 is 2.54 bits per heavy atom. The van der Waals surface area contributed by atoms with Crippen molar-refractivity contribution in [1.29, 1.82) is 0 Å². The van der Waals surface area contributed by atoms with Gasteiger partial charge in [0.15, 0.2) is 0 Å². The van der Waals surface area contributed by atoms with Crippen molar-refractivity contribution in [3.05, 3.63) is 70.1 Å². The van der Waals surface area contributed by atoms with Crippen molar-refractivity contribution in [2.75, 3.05) is 11.9 Å². The topological polar surface area (TPSA) is 49.4 Å². The molecule has 1 aliphatic rings. The molecule has 0 aromatic heterocycles. The van der Waals surface area contributed by atoms with Gasteiger partial charge in [0.05, 0.1) is 4.91 Å². The first-order chi connectivity index (χ1) is 12.4. The van der Waals surface area contributed by atoms with Crippen molar-refractivity contribution in [2.24, 2.45) is 0 Å². The number of carbonyl (C=O) groups is 2. The van der Waals surface area contributed by atoms with Crippen molar-refractivity contribution >= 4 is 51.9 Å². The van der Waals surface area contributed by atoms with Crippen LogP contribution in [0.5, 0.6) is 0 Å². The molecule has 1 aliphatic heterocycles. The fraction of sp³-hybridized carbons (Fsp3) is 0.150. The molecule has 2 aromatic carbocycles. The lowest BCUT2D eigenvalue weighted by Crippen LogP contribution is -2.36. The van der Waals surface area contributed by atoms with E-state index in [-0.39, 0.29) is 18.4 Å². The van der Waals surface area contributed by atoms with E-state index in [9.17, 15) is 9.59 Å². The monoisotopic (exact) mass is 382 g/mol. The highest BCUT2D eigenvalue weighted by Gasteiger charge is 2.33. The highest BCUT2D eigenvalue weighted by molar-refractivity contribution is 8.26. The second kappa shape index (κ2) is 7.85. The number of thioether (sulfide) groups is 1. The Balaban J connectivity index is 1.70. The quantitative estimate of drug-likeness (QED) is 0.638. The van der Waals surface area contributed by atoms with Crippen LogP contribution >= 0.6 is 24.0 Å². The molecule has 0 saturated carbocycles. The first-order valence-corrected chi connectivity index (χ1v) is 9.34. The van der Waals surface area contributed by atoms with Crippen LogP contribution in [0.2, 0.25) is 0 Å². The molecule has 2 amide bonds. The number of hydrogen-bond acceptors (Lipinski definition) is 4. The number of amides is 2. The third kappa shape index (κ3) is 4.20. The number of anilines is 1. The number of rotatable bonds is 4. The molecule has 1 saturated heterocycles. The summed E-state index contributed by atoms with van der Waals surface area (Å²) < 4.78 is 0.397. The molecule has 0 unspecified atom stereocenters. The van der Waals surface area contributed by atoms with Gasteiger partial charge in [-0.1, -0.05) is 65.9 Å². The molecule has 4 nitrogen and oxygen atoms in total. The average molecular weight is 383 g/mol. The predicted molar refractivity (Wildman–Crippen MR) is 111 cm³/mol. The Kier molecular flexibility index (Phi) is 5.54. The molecule has 132 valence electrons. The minimum atomic E-state index is -0.276. The lowest BCUT2D eigenvalue weighted by Gasteiger charge is -2.14. The lowest BCUT2D eigenvalue weighted by molar-refractivity contribution is -0.126. The van der Waals surface area contributed by atoms with Gasteiger partial charge in [0, 0.05) is 5.69 Å². The fourth-order valence-corrected chi connectivity index (χ4v) is 3.75. The van der Waals surface area contributed by atoms with Crippen LogP contribution in [0.25, 0.3) is 6.08 Å². The summed E-state index contributed by atoms with van der Waals surface area (Å²) in [6, 6.07) is 15.3. The van der Waals surface area contributed by atoms with Gasteiger partial charge in [-0.25, -0.2) is 0 Å². The van der Waals surface area contributed by atoms with Crippen LogP contribution < -0.4 is 5.32 Å². The van der Waals surface area contributed by atoms with Gasteiger partial charge in [-0.3, -0.25) is 14.5 Å². The van der Waals surface area contributed by atoms with Gasteiger partial charge in [0.1, 0.15) is 10.9 Å². The zero-order chi connectivity index (χ0) is 18.7. The normalized spacial score (nSPS) is 15.6. The standard InChI is InChI=1S/C20H18N2O2S2/c1-13-7-9-16(10-8-13)21-18(23)12-22-19(24)17(26-20(22)25)11-15-6-4-3-5-14(15)2/h3-11H,12H2,1-2H3,(H,21,23)/b17-11-. The minimum absolute atomic E-state index is 0.0936. The van der Waals surface area contributed by atoms with Gasteiger partial charge in [0.2, 0.25) is 5.91 Å². The Morgan fingerprint density at radius 1 is 1.15 bits per heavy atom. The number of nitrogens with one attached hydrogen (secondary N) is 1. The van der Waals surface area contributed by atoms with Crippen molar-refractivity contribution in [3.8, 4) is 0 Å². The van der Waals surface area contributed by atoms with E-state index in [0.717, 1.165) is 16.7 Å². The maximum atomic E-state index is 12.6. The van der Waals surface area contributed by atoms with E-state index < -0.39 is 0 Å². The summed E-state index contributed by atoms with van der Waals surface area (Å²) in [5, 5.41) is 2.79. The van der Waals surface area contributed by atoms with E-state index >= 15 is 0 Å². The number of hydrogen-bond donors (Lipinski definition) is 1. The molecule has 6 heteroatoms. The molecule has 1 heterocycles. The summed E-state index contributed by atoms with van der Waals surface area (Å²) in [5.41, 5.74) is 3.86. The number of aryl methyl sites for hydroxylation is 2. The average Bonchev–Trinajstić information content (AvgIpc) is 2.86. The Bertz CT molecular complexity index is 904. The van der Waals surface area contributed by atoms with Crippen LogP contribution in [0, 0.1) is 13.8 Å². The molecular weight excluding hydrogens is 364 g/mol. The predicted octanol–water partition coefficient (Wildman–Crippen LogP) is 4.14. The van der Waals surface area contributed by atoms with E-state index in [1.54, 1.807) is 0 Å². The highest BCUT2D eigenvalue weighted by Crippen LogP contribution is 2.32. The van der Waals surface area contributed by atoms with Gasteiger partial charge in [-0.05, 0) is 43.2 Å². The van der Waals surface area contributed by atoms with E-state index in [1.807, 2.05) is 68.5 Å². The molecule has 0 atom stereocenters. The van der Waals surface area contributed by atoms with Gasteiger partial charge in [0.25, 0.3) is 5.91 Å². The number of thiocarbonyl (C=S) groups is 1. The third-order valence-electron chi connectivity index (χ3n) is 3.99. The molecule has 1 fully saturated rings. The second-order valence-corrected chi connectivity index (χ2v) is 7.71. The van der Waals surface area contributed by atoms with Gasteiger partial charge >= 0.3 is 0 Å². The van der Waals surface area contributed by atoms with Crippen LogP contribution in [-0.4, -0.2) is 27.6 Å². The summed E-state index contributed by atoms with van der Waals surface area (Å²) in [7, 11) is 0. The summed E-state index contributed by atoms with van der Waals surface area (Å²) in [4.78, 5) is 26.8. The van der Waals surface area contributed by atoms with Crippen LogP contribution in [-0.2, 0) is 9.59 Å². The Labute approximate surface area is 162 Å². The number of benzene rings is 2. The second-order valence-electron chi connectivity index (χ2n) is 6.04. The Hall–Kier alpha value is -2.44. The maximum absolute atomic E-state index is 12.6. The largest absolute Gasteiger partial charge is 0.325 e. The van der Waals surface area contributed by atoms with Crippen molar-refractivity contribution in [3.63, 3.8) is 0 Å². The maximum Gasteiger partial charge on any atom is 0.266 e. The van der Waals surface area contributed by atoms with E-state index in [4.69, 9.17) is 12.2 Å². The first kappa shape index (κ1) is 18.4. The lowest BCUT2D eigenvalue weighted by atomic mass is 10.1. The summed E-state index contributed by atoms with van der Waals surface area (Å²) >= 11 is 6.52. The summed E-state index contributed by atoms with van der Waals surface area (Å²) in [6.45, 7) is 3.87. The van der Waals surface area contributed by atoms with Gasteiger partial charge in [-0.15, -0.1) is 0 Å². The molecule has 0 bridgehead atoms. The van der Waals surface area contributed by atoms with Crippen molar-refractivity contribution in [1.82, 2.24) is 4.90 Å². The zero-order valence-electron chi connectivity index (χ0n) is 14.5. The van der Waals surface area contributed by atoms with Gasteiger partial charge < -0.3 is 5.32 Å². The summed E-state index contributed by atoms with van der Waals surface area (Å²) in [6.07, 6.45) is 1.83. The van der Waals surface area contributed by atoms with Crippen LogP contribution in [0.1, 0.15) is 16.7 Å². The fourth-order valence-electron chi connectivity index (χ4n) is 2.51. The molecule has 1 N–H and O–H groups in total. The molecule has 2 aromatic rings. The van der Waals surface area contributed by atoms with E-state index in [1.165, 1.54) is 16.7 Å². The molecule has 0 spiro atoms. The summed E-state index contributed by atoms with van der Waals surface area (Å²) in [5.74, 6) is -0.510. The van der Waals surface area contributed by atoms with Crippen molar-refractivity contribution in [2.45, 2.75) is 13.8 Å². The number of nitrogens with zero attached hydrogens (tertiary/aromatic N) is 1. The van der Waals surface area contributed by atoms with Crippen LogP contribution in [0.15, 0.2) is 53.4 Å². The SMILES string of the molecule is Cc1ccc(NC(=O)CN2C(=O)/C(=C/c3ccccc3C)SC2=S)cc1. The van der Waals surface area contributed by atoms with E-state index in [2.05, 4.69) is 5.32 Å². The minimum Gasteiger partial charge on any atom is -0.325 e. The van der Waals surface area contributed by atoms with E-state index in [0.29, 0.717) is 14.9 Å². The van der Waals surface area contributed by atoms with Crippen molar-refractivity contribution < 1.29 is 9.59 Å². The molecule has 0 radical (unpaired) electrons. The van der Waals surface area contributed by atoms with Gasteiger partial charge in [-0.2, -0.15) is 0 Å². The molecule has 0 aliphatic carbocycles. The van der Waals surface area contributed by atoms with Crippen LogP contribution in [0.3, 0.4) is 0 Å². The molecule has 3 rings (SSSR count). The third-order valence-corrected chi connectivity index (χ3v) is 5.36. The molecule has 26 heavy (non-hydrogen) atoms. The smallest absolute Gasteiger partial charge is 0.266 e. The first-order valence-electron chi connectivity index (χ1n) is 8.11. The molecular formula is C20H18N2O2S2. The highest BCUT2D eigenvalue weighted by atomic mass is 32.2.